The number of likely N-dealkylation sites (tertiary alicyclic amines) is 1. The van der Waals surface area contributed by atoms with Crippen molar-refractivity contribution in [3.05, 3.63) is 18.0 Å². The summed E-state index contributed by atoms with van der Waals surface area (Å²) in [6.07, 6.45) is 5.33. The number of carbonyl (C=O) groups excluding carboxylic acids is 1. The van der Waals surface area contributed by atoms with Crippen molar-refractivity contribution >= 4 is 12.0 Å². The second-order valence-corrected chi connectivity index (χ2v) is 5.46. The minimum absolute atomic E-state index is 0.305. The average molecular weight is 294 g/mol. The summed E-state index contributed by atoms with van der Waals surface area (Å²) in [5.74, 6) is -0.916. The molecule has 1 aliphatic heterocycles. The third-order valence-electron chi connectivity index (χ3n) is 4.10. The summed E-state index contributed by atoms with van der Waals surface area (Å²) in [7, 11) is 0. The van der Waals surface area contributed by atoms with E-state index in [2.05, 4.69) is 10.4 Å². The predicted molar refractivity (Wildman–Crippen MR) is 77.0 cm³/mol. The smallest absolute Gasteiger partial charge is 0.329 e. The Balaban J connectivity index is 1.91. The average Bonchev–Trinajstić information content (AvgIpc) is 3.05. The van der Waals surface area contributed by atoms with Crippen LogP contribution in [0, 0.1) is 6.92 Å². The second kappa shape index (κ2) is 6.15. The van der Waals surface area contributed by atoms with Crippen molar-refractivity contribution in [1.29, 1.82) is 0 Å². The molecule has 7 nitrogen and oxygen atoms in total. The summed E-state index contributed by atoms with van der Waals surface area (Å²) in [5, 5.41) is 16.4. The van der Waals surface area contributed by atoms with Crippen molar-refractivity contribution in [2.24, 2.45) is 0 Å². The Kier molecular flexibility index (Phi) is 4.50. The van der Waals surface area contributed by atoms with Crippen LogP contribution in [0.4, 0.5) is 4.79 Å². The number of carboxylic acids is 1. The molecule has 21 heavy (non-hydrogen) atoms. The zero-order valence-electron chi connectivity index (χ0n) is 12.5. The lowest BCUT2D eigenvalue weighted by Crippen LogP contribution is -2.55. The number of hydrogen-bond acceptors (Lipinski definition) is 3. The Bertz CT molecular complexity index is 528. The van der Waals surface area contributed by atoms with Gasteiger partial charge in [0, 0.05) is 19.3 Å². The maximum absolute atomic E-state index is 12.2. The summed E-state index contributed by atoms with van der Waals surface area (Å²) >= 11 is 0. The quantitative estimate of drug-likeness (QED) is 0.855. The first-order chi connectivity index (χ1) is 9.99. The summed E-state index contributed by atoms with van der Waals surface area (Å²) in [6.45, 7) is 5.25. The SMILES string of the molecule is CCC1(C(=O)O)CCCN1C(=O)NCCn1cc(C)cn1. The van der Waals surface area contributed by atoms with Gasteiger partial charge in [0.15, 0.2) is 0 Å². The number of aryl methyl sites for hydroxylation is 1. The zero-order chi connectivity index (χ0) is 15.5. The molecule has 2 amide bonds. The molecule has 0 aliphatic carbocycles. The van der Waals surface area contributed by atoms with Crippen LogP contribution in [0.1, 0.15) is 31.7 Å². The van der Waals surface area contributed by atoms with Crippen molar-refractivity contribution in [2.75, 3.05) is 13.1 Å². The summed E-state index contributed by atoms with van der Waals surface area (Å²) in [5.41, 5.74) is 0.0172. The van der Waals surface area contributed by atoms with Crippen LogP contribution < -0.4 is 5.32 Å². The van der Waals surface area contributed by atoms with E-state index in [9.17, 15) is 14.7 Å². The number of carbonyl (C=O) groups is 2. The molecule has 1 aromatic heterocycles. The highest BCUT2D eigenvalue weighted by molar-refractivity contribution is 5.87. The van der Waals surface area contributed by atoms with Gasteiger partial charge in [0.1, 0.15) is 5.54 Å². The van der Waals surface area contributed by atoms with E-state index < -0.39 is 11.5 Å². The van der Waals surface area contributed by atoms with Gasteiger partial charge in [0.25, 0.3) is 0 Å². The lowest BCUT2D eigenvalue weighted by molar-refractivity contribution is -0.148. The van der Waals surface area contributed by atoms with Gasteiger partial charge in [-0.1, -0.05) is 6.92 Å². The molecule has 1 atom stereocenters. The number of nitrogens with zero attached hydrogens (tertiary/aromatic N) is 3. The Morgan fingerprint density at radius 2 is 2.29 bits per heavy atom. The van der Waals surface area contributed by atoms with Gasteiger partial charge in [-0.2, -0.15) is 5.10 Å². The van der Waals surface area contributed by atoms with E-state index in [0.717, 1.165) is 12.0 Å². The maximum Gasteiger partial charge on any atom is 0.329 e. The molecule has 1 saturated heterocycles. The van der Waals surface area contributed by atoms with Crippen LogP contribution >= 0.6 is 0 Å². The number of urea groups is 1. The molecule has 1 fully saturated rings. The van der Waals surface area contributed by atoms with E-state index in [1.807, 2.05) is 20.0 Å². The Labute approximate surface area is 123 Å². The van der Waals surface area contributed by atoms with Gasteiger partial charge in [-0.25, -0.2) is 9.59 Å². The van der Waals surface area contributed by atoms with E-state index in [-0.39, 0.29) is 6.03 Å². The largest absolute Gasteiger partial charge is 0.479 e. The first kappa shape index (κ1) is 15.3. The lowest BCUT2D eigenvalue weighted by atomic mass is 9.93. The molecule has 0 radical (unpaired) electrons. The topological polar surface area (TPSA) is 87.5 Å². The maximum atomic E-state index is 12.2. The number of aliphatic carboxylic acids is 1. The van der Waals surface area contributed by atoms with E-state index in [1.165, 1.54) is 4.90 Å². The first-order valence-electron chi connectivity index (χ1n) is 7.27. The van der Waals surface area contributed by atoms with Crippen LogP contribution in [0.15, 0.2) is 12.4 Å². The molecular formula is C14H22N4O3. The molecule has 2 N–H and O–H groups in total. The van der Waals surface area contributed by atoms with Crippen molar-refractivity contribution < 1.29 is 14.7 Å². The van der Waals surface area contributed by atoms with E-state index in [4.69, 9.17) is 0 Å². The number of nitrogens with one attached hydrogen (secondary N) is 1. The van der Waals surface area contributed by atoms with Crippen LogP contribution in [-0.2, 0) is 11.3 Å². The highest BCUT2D eigenvalue weighted by Gasteiger charge is 2.48. The van der Waals surface area contributed by atoms with E-state index in [1.54, 1.807) is 10.9 Å². The van der Waals surface area contributed by atoms with Gasteiger partial charge < -0.3 is 15.3 Å². The standard InChI is InChI=1S/C14H22N4O3/c1-3-14(12(19)20)5-4-7-18(14)13(21)15-6-8-17-10-11(2)9-16-17/h9-10H,3-8H2,1-2H3,(H,15,21)(H,19,20). The highest BCUT2D eigenvalue weighted by atomic mass is 16.4. The first-order valence-corrected chi connectivity index (χ1v) is 7.27. The number of aromatic nitrogens is 2. The second-order valence-electron chi connectivity index (χ2n) is 5.46. The van der Waals surface area contributed by atoms with Gasteiger partial charge in [0.2, 0.25) is 0 Å². The van der Waals surface area contributed by atoms with Crippen molar-refractivity contribution in [1.82, 2.24) is 20.0 Å². The molecule has 116 valence electrons. The minimum Gasteiger partial charge on any atom is -0.479 e. The van der Waals surface area contributed by atoms with Gasteiger partial charge in [-0.05, 0) is 31.7 Å². The van der Waals surface area contributed by atoms with Crippen LogP contribution in [-0.4, -0.2) is 50.4 Å². The van der Waals surface area contributed by atoms with Crippen LogP contribution in [0.2, 0.25) is 0 Å². The summed E-state index contributed by atoms with van der Waals surface area (Å²) in [4.78, 5) is 25.2. The third kappa shape index (κ3) is 3.01. The number of hydrogen-bond donors (Lipinski definition) is 2. The molecule has 1 unspecified atom stereocenters. The number of amides is 2. The monoisotopic (exact) mass is 294 g/mol. The highest BCUT2D eigenvalue weighted by Crippen LogP contribution is 2.32. The molecule has 0 bridgehead atoms. The fourth-order valence-corrected chi connectivity index (χ4v) is 2.88. The lowest BCUT2D eigenvalue weighted by Gasteiger charge is -2.33. The van der Waals surface area contributed by atoms with Crippen molar-refractivity contribution in [2.45, 2.75) is 45.2 Å². The molecule has 2 heterocycles. The molecule has 1 aromatic rings. The van der Waals surface area contributed by atoms with Crippen LogP contribution in [0.5, 0.6) is 0 Å². The predicted octanol–water partition coefficient (Wildman–Crippen LogP) is 1.23. The summed E-state index contributed by atoms with van der Waals surface area (Å²) in [6, 6.07) is -0.305. The van der Waals surface area contributed by atoms with Crippen LogP contribution in [0.25, 0.3) is 0 Å². The van der Waals surface area contributed by atoms with E-state index >= 15 is 0 Å². The molecule has 2 rings (SSSR count). The third-order valence-corrected chi connectivity index (χ3v) is 4.10. The van der Waals surface area contributed by atoms with Gasteiger partial charge in [-0.15, -0.1) is 0 Å². The zero-order valence-corrected chi connectivity index (χ0v) is 12.5. The molecular weight excluding hydrogens is 272 g/mol. The Hall–Kier alpha value is -2.05. The van der Waals surface area contributed by atoms with Gasteiger partial charge in [0.05, 0.1) is 12.7 Å². The van der Waals surface area contributed by atoms with E-state index in [0.29, 0.717) is 32.5 Å². The molecule has 0 saturated carbocycles. The fourth-order valence-electron chi connectivity index (χ4n) is 2.88. The molecule has 1 aliphatic rings. The number of carboxylic acid groups (broad SMARTS) is 1. The summed E-state index contributed by atoms with van der Waals surface area (Å²) < 4.78 is 1.75. The molecule has 7 heteroatoms. The van der Waals surface area contributed by atoms with Gasteiger partial charge in [-0.3, -0.25) is 4.68 Å². The van der Waals surface area contributed by atoms with Crippen molar-refractivity contribution in [3.63, 3.8) is 0 Å². The Morgan fingerprint density at radius 3 is 2.86 bits per heavy atom. The normalized spacial score (nSPS) is 21.5. The minimum atomic E-state index is -1.05. The van der Waals surface area contributed by atoms with Gasteiger partial charge >= 0.3 is 12.0 Å². The van der Waals surface area contributed by atoms with Crippen LogP contribution in [0.3, 0.4) is 0 Å². The molecule has 0 spiro atoms. The molecule has 0 aromatic carbocycles. The Morgan fingerprint density at radius 1 is 1.52 bits per heavy atom. The van der Waals surface area contributed by atoms with Crippen molar-refractivity contribution in [3.8, 4) is 0 Å². The number of rotatable bonds is 5. The fraction of sp³-hybridized carbons (Fsp3) is 0.643.